The van der Waals surface area contributed by atoms with Crippen LogP contribution >= 0.6 is 12.6 Å². The number of benzene rings is 2. The lowest BCUT2D eigenvalue weighted by molar-refractivity contribution is 1.54. The Kier molecular flexibility index (Phi) is 4.41. The van der Waals surface area contributed by atoms with E-state index in [1.54, 1.807) is 0 Å². The molecule has 0 radical (unpaired) electrons. The smallest absolute Gasteiger partial charge is 0.0126 e. The summed E-state index contributed by atoms with van der Waals surface area (Å²) >= 11 is 3.79. The topological polar surface area (TPSA) is 0 Å². The summed E-state index contributed by atoms with van der Waals surface area (Å²) in [4.78, 5) is 0. The molecule has 13 heavy (non-hydrogen) atoms. The minimum Gasteiger partial charge on any atom is -0.180 e. The predicted octanol–water partition coefficient (Wildman–Crippen LogP) is 3.78. The number of thiol groups is 1. The number of hydrogen-bond acceptors (Lipinski definition) is 1. The van der Waals surface area contributed by atoms with Gasteiger partial charge in [0.25, 0.3) is 0 Å². The summed E-state index contributed by atoms with van der Waals surface area (Å²) in [5.74, 6) is 0.944. The summed E-state index contributed by atoms with van der Waals surface area (Å²) in [6.45, 7) is 1.99. The molecule has 0 heterocycles. The van der Waals surface area contributed by atoms with Gasteiger partial charge in [-0.2, -0.15) is 12.6 Å². The molecule has 68 valence electrons. The van der Waals surface area contributed by atoms with Crippen molar-refractivity contribution in [2.24, 2.45) is 0 Å². The zero-order chi connectivity index (χ0) is 9.52. The molecule has 0 aliphatic heterocycles. The van der Waals surface area contributed by atoms with Gasteiger partial charge in [0.1, 0.15) is 0 Å². The molecule has 0 unspecified atom stereocenters. The highest BCUT2D eigenvalue weighted by Gasteiger charge is 1.85. The largest absolute Gasteiger partial charge is 0.180 e. The van der Waals surface area contributed by atoms with Crippen molar-refractivity contribution in [3.8, 4) is 0 Å². The van der Waals surface area contributed by atoms with Crippen LogP contribution in [0, 0.1) is 0 Å². The maximum atomic E-state index is 3.79. The summed E-state index contributed by atoms with van der Waals surface area (Å²) in [5, 5.41) is 2.62. The van der Waals surface area contributed by atoms with Gasteiger partial charge in [-0.25, -0.2) is 0 Å². The maximum absolute atomic E-state index is 3.79. The third-order valence-electron chi connectivity index (χ3n) is 1.66. The number of fused-ring (bicyclic) bond motifs is 1. The standard InChI is InChI=1S/C10H8.C2H6S/c1-2-6-10-8-4-3-7-9(10)5-1;1-2-3/h1-8H;3H,2H2,1H3. The molecule has 0 aliphatic carbocycles. The van der Waals surface area contributed by atoms with Gasteiger partial charge in [-0.1, -0.05) is 55.5 Å². The lowest BCUT2D eigenvalue weighted by atomic mass is 10.1. The molecule has 1 heteroatoms. The van der Waals surface area contributed by atoms with E-state index in [0.717, 1.165) is 5.75 Å². The average molecular weight is 190 g/mol. The lowest BCUT2D eigenvalue weighted by Crippen LogP contribution is -1.67. The van der Waals surface area contributed by atoms with Gasteiger partial charge in [0.2, 0.25) is 0 Å². The Hall–Kier alpha value is -0.950. The molecule has 0 saturated carbocycles. The molecule has 0 spiro atoms. The fourth-order valence-corrected chi connectivity index (χ4v) is 1.13. The number of rotatable bonds is 0. The van der Waals surface area contributed by atoms with Crippen molar-refractivity contribution in [3.05, 3.63) is 48.5 Å². The molecule has 0 atom stereocenters. The molecule has 0 aliphatic rings. The first-order valence-electron chi connectivity index (χ1n) is 4.43. The van der Waals surface area contributed by atoms with Gasteiger partial charge in [0.05, 0.1) is 0 Å². The minimum absolute atomic E-state index is 0.944. The van der Waals surface area contributed by atoms with Crippen molar-refractivity contribution in [1.29, 1.82) is 0 Å². The van der Waals surface area contributed by atoms with E-state index in [1.165, 1.54) is 10.8 Å². The van der Waals surface area contributed by atoms with E-state index in [1.807, 2.05) is 6.92 Å². The summed E-state index contributed by atoms with van der Waals surface area (Å²) in [6, 6.07) is 16.7. The van der Waals surface area contributed by atoms with Gasteiger partial charge in [-0.15, -0.1) is 0 Å². The molecule has 0 aromatic heterocycles. The van der Waals surface area contributed by atoms with E-state index < -0.39 is 0 Å². The molecule has 0 fully saturated rings. The van der Waals surface area contributed by atoms with Crippen LogP contribution in [0.15, 0.2) is 48.5 Å². The van der Waals surface area contributed by atoms with Crippen LogP contribution in [-0.2, 0) is 0 Å². The quantitative estimate of drug-likeness (QED) is 0.601. The highest BCUT2D eigenvalue weighted by molar-refractivity contribution is 7.80. The van der Waals surface area contributed by atoms with E-state index >= 15 is 0 Å². The van der Waals surface area contributed by atoms with Crippen molar-refractivity contribution < 1.29 is 0 Å². The summed E-state index contributed by atoms with van der Waals surface area (Å²) in [7, 11) is 0. The molecule has 0 N–H and O–H groups in total. The van der Waals surface area contributed by atoms with Crippen molar-refractivity contribution in [3.63, 3.8) is 0 Å². The first-order valence-corrected chi connectivity index (χ1v) is 5.06. The van der Waals surface area contributed by atoms with E-state index in [0.29, 0.717) is 0 Å². The van der Waals surface area contributed by atoms with Gasteiger partial charge in [-0.3, -0.25) is 0 Å². The Morgan fingerprint density at radius 3 is 1.31 bits per heavy atom. The lowest BCUT2D eigenvalue weighted by Gasteiger charge is -1.92. The highest BCUT2D eigenvalue weighted by atomic mass is 32.1. The Morgan fingerprint density at radius 1 is 0.846 bits per heavy atom. The molecule has 0 bridgehead atoms. The summed E-state index contributed by atoms with van der Waals surface area (Å²) in [5.41, 5.74) is 0. The summed E-state index contributed by atoms with van der Waals surface area (Å²) < 4.78 is 0. The first-order chi connectivity index (χ1) is 6.38. The van der Waals surface area contributed by atoms with Gasteiger partial charge in [0.15, 0.2) is 0 Å². The second-order valence-corrected chi connectivity index (χ2v) is 3.30. The fourth-order valence-electron chi connectivity index (χ4n) is 1.13. The van der Waals surface area contributed by atoms with E-state index in [2.05, 4.69) is 61.2 Å². The fraction of sp³-hybridized carbons (Fsp3) is 0.167. The molecular weight excluding hydrogens is 176 g/mol. The summed E-state index contributed by atoms with van der Waals surface area (Å²) in [6.07, 6.45) is 0. The third kappa shape index (κ3) is 3.11. The van der Waals surface area contributed by atoms with Gasteiger partial charge < -0.3 is 0 Å². The minimum atomic E-state index is 0.944. The Morgan fingerprint density at radius 2 is 1.08 bits per heavy atom. The highest BCUT2D eigenvalue weighted by Crippen LogP contribution is 2.11. The molecule has 0 saturated heterocycles. The van der Waals surface area contributed by atoms with Crippen LogP contribution in [0.1, 0.15) is 6.92 Å². The van der Waals surface area contributed by atoms with Gasteiger partial charge in [0, 0.05) is 0 Å². The second kappa shape index (κ2) is 5.65. The Bertz CT molecular complexity index is 289. The molecule has 2 rings (SSSR count). The Balaban J connectivity index is 0.000000251. The average Bonchev–Trinajstić information content (AvgIpc) is 2.19. The van der Waals surface area contributed by atoms with E-state index in [4.69, 9.17) is 0 Å². The van der Waals surface area contributed by atoms with Crippen LogP contribution in [0.25, 0.3) is 10.8 Å². The van der Waals surface area contributed by atoms with E-state index in [9.17, 15) is 0 Å². The first kappa shape index (κ1) is 10.1. The van der Waals surface area contributed by atoms with Crippen LogP contribution in [0.5, 0.6) is 0 Å². The van der Waals surface area contributed by atoms with Crippen molar-refractivity contribution in [1.82, 2.24) is 0 Å². The molecule has 0 amide bonds. The molecule has 2 aromatic rings. The van der Waals surface area contributed by atoms with Crippen LogP contribution in [-0.4, -0.2) is 5.75 Å². The van der Waals surface area contributed by atoms with Crippen molar-refractivity contribution >= 4 is 23.4 Å². The van der Waals surface area contributed by atoms with Crippen molar-refractivity contribution in [2.45, 2.75) is 6.92 Å². The third-order valence-corrected chi connectivity index (χ3v) is 1.66. The van der Waals surface area contributed by atoms with Gasteiger partial charge >= 0.3 is 0 Å². The number of hydrogen-bond donors (Lipinski definition) is 1. The molecule has 0 nitrogen and oxygen atoms in total. The van der Waals surface area contributed by atoms with Crippen LogP contribution in [0.3, 0.4) is 0 Å². The monoisotopic (exact) mass is 190 g/mol. The van der Waals surface area contributed by atoms with Crippen LogP contribution in [0.4, 0.5) is 0 Å². The predicted molar refractivity (Wildman–Crippen MR) is 63.5 cm³/mol. The maximum Gasteiger partial charge on any atom is -0.0126 e. The van der Waals surface area contributed by atoms with Crippen LogP contribution < -0.4 is 0 Å². The molecule has 2 aromatic carbocycles. The normalized spacial score (nSPS) is 9.08. The SMILES string of the molecule is CCS.c1ccc2ccccc2c1. The van der Waals surface area contributed by atoms with Crippen LogP contribution in [0.2, 0.25) is 0 Å². The van der Waals surface area contributed by atoms with Crippen molar-refractivity contribution in [2.75, 3.05) is 5.75 Å². The second-order valence-electron chi connectivity index (χ2n) is 2.66. The zero-order valence-corrected chi connectivity index (χ0v) is 8.67. The molecular formula is C12H14S. The van der Waals surface area contributed by atoms with E-state index in [-0.39, 0.29) is 0 Å². The zero-order valence-electron chi connectivity index (χ0n) is 7.77. The van der Waals surface area contributed by atoms with Gasteiger partial charge in [-0.05, 0) is 16.5 Å². The Labute approximate surface area is 85.0 Å².